The molecule has 0 atom stereocenters. The Morgan fingerprint density at radius 2 is 2.36 bits per heavy atom. The van der Waals surface area contributed by atoms with Gasteiger partial charge in [-0.3, -0.25) is 0 Å². The Bertz CT molecular complexity index is 257. The Labute approximate surface area is 66.0 Å². The van der Waals surface area contributed by atoms with Crippen molar-refractivity contribution in [3.05, 3.63) is 24.5 Å². The standard InChI is InChI=1S/C8H12N2O/c1-4-10-6-7(5-9-10)8(2,3)11/h4-6,11H,1H2,2-3H3. The highest BCUT2D eigenvalue weighted by atomic mass is 16.3. The molecule has 1 heterocycles. The molecule has 0 fully saturated rings. The highest BCUT2D eigenvalue weighted by Crippen LogP contribution is 2.17. The summed E-state index contributed by atoms with van der Waals surface area (Å²) in [5.41, 5.74) is -0.0289. The van der Waals surface area contributed by atoms with Gasteiger partial charge in [-0.15, -0.1) is 0 Å². The van der Waals surface area contributed by atoms with Crippen LogP contribution in [0.25, 0.3) is 6.20 Å². The van der Waals surface area contributed by atoms with Crippen LogP contribution in [0.15, 0.2) is 19.0 Å². The third-order valence-electron chi connectivity index (χ3n) is 1.50. The largest absolute Gasteiger partial charge is 0.386 e. The summed E-state index contributed by atoms with van der Waals surface area (Å²) in [5.74, 6) is 0. The van der Waals surface area contributed by atoms with Gasteiger partial charge in [0, 0.05) is 18.0 Å². The second kappa shape index (κ2) is 2.51. The van der Waals surface area contributed by atoms with Crippen LogP contribution in [-0.2, 0) is 5.60 Å². The Morgan fingerprint density at radius 3 is 2.64 bits per heavy atom. The summed E-state index contributed by atoms with van der Waals surface area (Å²) in [6, 6.07) is 0. The van der Waals surface area contributed by atoms with Crippen LogP contribution in [0.4, 0.5) is 0 Å². The van der Waals surface area contributed by atoms with Crippen molar-refractivity contribution in [2.24, 2.45) is 0 Å². The van der Waals surface area contributed by atoms with E-state index in [1.807, 2.05) is 0 Å². The Hall–Kier alpha value is -1.09. The average Bonchev–Trinajstić information content (AvgIpc) is 2.32. The Kier molecular flexibility index (Phi) is 1.83. The zero-order valence-corrected chi connectivity index (χ0v) is 6.78. The van der Waals surface area contributed by atoms with Crippen molar-refractivity contribution in [2.75, 3.05) is 0 Å². The molecule has 0 saturated carbocycles. The van der Waals surface area contributed by atoms with Gasteiger partial charge in [-0.05, 0) is 13.8 Å². The molecule has 0 amide bonds. The van der Waals surface area contributed by atoms with E-state index in [1.165, 1.54) is 0 Å². The number of aromatic nitrogens is 2. The van der Waals surface area contributed by atoms with Crippen molar-refractivity contribution in [1.29, 1.82) is 0 Å². The van der Waals surface area contributed by atoms with Crippen LogP contribution in [0.2, 0.25) is 0 Å². The smallest absolute Gasteiger partial charge is 0.0871 e. The van der Waals surface area contributed by atoms with Crippen molar-refractivity contribution in [3.8, 4) is 0 Å². The minimum atomic E-state index is -0.818. The van der Waals surface area contributed by atoms with E-state index in [-0.39, 0.29) is 0 Å². The molecule has 0 aromatic carbocycles. The highest BCUT2D eigenvalue weighted by molar-refractivity contribution is 5.20. The number of rotatable bonds is 2. The highest BCUT2D eigenvalue weighted by Gasteiger charge is 2.16. The molecular formula is C8H12N2O. The maximum Gasteiger partial charge on any atom is 0.0871 e. The lowest BCUT2D eigenvalue weighted by molar-refractivity contribution is 0.0786. The zero-order valence-electron chi connectivity index (χ0n) is 6.78. The van der Waals surface area contributed by atoms with E-state index in [0.29, 0.717) is 0 Å². The van der Waals surface area contributed by atoms with Gasteiger partial charge in [-0.25, -0.2) is 4.68 Å². The third-order valence-corrected chi connectivity index (χ3v) is 1.50. The molecule has 1 N–H and O–H groups in total. The van der Waals surface area contributed by atoms with Gasteiger partial charge in [0.05, 0.1) is 11.8 Å². The van der Waals surface area contributed by atoms with Crippen LogP contribution in [0.1, 0.15) is 19.4 Å². The average molecular weight is 152 g/mol. The fourth-order valence-electron chi connectivity index (χ4n) is 0.754. The minimum absolute atomic E-state index is 0.789. The minimum Gasteiger partial charge on any atom is -0.386 e. The summed E-state index contributed by atoms with van der Waals surface area (Å²) in [4.78, 5) is 0. The summed E-state index contributed by atoms with van der Waals surface area (Å²) in [7, 11) is 0. The molecule has 60 valence electrons. The van der Waals surface area contributed by atoms with Crippen molar-refractivity contribution in [3.63, 3.8) is 0 Å². The van der Waals surface area contributed by atoms with Crippen LogP contribution in [-0.4, -0.2) is 14.9 Å². The predicted octanol–water partition coefficient (Wildman–Crippen LogP) is 1.21. The third kappa shape index (κ3) is 1.68. The number of aliphatic hydroxyl groups is 1. The van der Waals surface area contributed by atoms with E-state index in [9.17, 15) is 5.11 Å². The fourth-order valence-corrected chi connectivity index (χ4v) is 0.754. The van der Waals surface area contributed by atoms with Gasteiger partial charge in [0.15, 0.2) is 0 Å². The summed E-state index contributed by atoms with van der Waals surface area (Å²) in [5, 5.41) is 13.4. The Morgan fingerprint density at radius 1 is 1.73 bits per heavy atom. The zero-order chi connectivity index (χ0) is 8.48. The molecule has 1 aromatic rings. The molecule has 1 rings (SSSR count). The summed E-state index contributed by atoms with van der Waals surface area (Å²) in [6.07, 6.45) is 4.95. The molecule has 0 radical (unpaired) electrons. The molecule has 0 unspecified atom stereocenters. The molecule has 0 aliphatic carbocycles. The van der Waals surface area contributed by atoms with Crippen molar-refractivity contribution in [2.45, 2.75) is 19.4 Å². The maximum atomic E-state index is 9.51. The van der Waals surface area contributed by atoms with E-state index < -0.39 is 5.60 Å². The Balaban J connectivity index is 2.98. The van der Waals surface area contributed by atoms with Crippen LogP contribution in [0.5, 0.6) is 0 Å². The van der Waals surface area contributed by atoms with Crippen molar-refractivity contribution < 1.29 is 5.11 Å². The van der Waals surface area contributed by atoms with Gasteiger partial charge >= 0.3 is 0 Å². The molecule has 11 heavy (non-hydrogen) atoms. The molecule has 0 saturated heterocycles. The first-order valence-electron chi connectivity index (χ1n) is 3.43. The lowest BCUT2D eigenvalue weighted by Crippen LogP contribution is -2.14. The maximum absolute atomic E-state index is 9.51. The first-order valence-corrected chi connectivity index (χ1v) is 3.43. The summed E-state index contributed by atoms with van der Waals surface area (Å²) < 4.78 is 1.56. The van der Waals surface area contributed by atoms with Crippen LogP contribution in [0.3, 0.4) is 0 Å². The SMILES string of the molecule is C=Cn1cc(C(C)(C)O)cn1. The molecule has 1 aromatic heterocycles. The predicted molar refractivity (Wildman–Crippen MR) is 43.9 cm³/mol. The molecule has 3 nitrogen and oxygen atoms in total. The molecule has 0 bridgehead atoms. The fraction of sp³-hybridized carbons (Fsp3) is 0.375. The van der Waals surface area contributed by atoms with Gasteiger partial charge < -0.3 is 5.11 Å². The van der Waals surface area contributed by atoms with Gasteiger partial charge in [0.1, 0.15) is 0 Å². The van der Waals surface area contributed by atoms with Crippen LogP contribution >= 0.6 is 0 Å². The lowest BCUT2D eigenvalue weighted by Gasteiger charge is -2.13. The van der Waals surface area contributed by atoms with Gasteiger partial charge in [0.2, 0.25) is 0 Å². The van der Waals surface area contributed by atoms with Gasteiger partial charge in [-0.2, -0.15) is 5.10 Å². The molecule has 0 aliphatic rings. The molecular weight excluding hydrogens is 140 g/mol. The summed E-state index contributed by atoms with van der Waals surface area (Å²) >= 11 is 0. The lowest BCUT2D eigenvalue weighted by atomic mass is 10.0. The second-order valence-electron chi connectivity index (χ2n) is 2.95. The number of hydrogen-bond donors (Lipinski definition) is 1. The van der Waals surface area contributed by atoms with Gasteiger partial charge in [0.25, 0.3) is 0 Å². The van der Waals surface area contributed by atoms with E-state index in [1.54, 1.807) is 37.1 Å². The first-order chi connectivity index (χ1) is 5.04. The quantitative estimate of drug-likeness (QED) is 0.691. The van der Waals surface area contributed by atoms with E-state index in [0.717, 1.165) is 5.56 Å². The monoisotopic (exact) mass is 152 g/mol. The van der Waals surface area contributed by atoms with E-state index in [2.05, 4.69) is 11.7 Å². The molecule has 0 spiro atoms. The van der Waals surface area contributed by atoms with Crippen LogP contribution in [0, 0.1) is 0 Å². The second-order valence-corrected chi connectivity index (χ2v) is 2.95. The van der Waals surface area contributed by atoms with Gasteiger partial charge in [-0.1, -0.05) is 6.58 Å². The summed E-state index contributed by atoms with van der Waals surface area (Å²) in [6.45, 7) is 6.98. The van der Waals surface area contributed by atoms with E-state index in [4.69, 9.17) is 0 Å². The van der Waals surface area contributed by atoms with E-state index >= 15 is 0 Å². The first kappa shape index (κ1) is 8.01. The number of hydrogen-bond acceptors (Lipinski definition) is 2. The topological polar surface area (TPSA) is 38.0 Å². The van der Waals surface area contributed by atoms with Crippen molar-refractivity contribution in [1.82, 2.24) is 9.78 Å². The van der Waals surface area contributed by atoms with Crippen molar-refractivity contribution >= 4 is 6.20 Å². The molecule has 3 heteroatoms. The molecule has 0 aliphatic heterocycles. The normalized spacial score (nSPS) is 11.5. The van der Waals surface area contributed by atoms with Crippen LogP contribution < -0.4 is 0 Å². The number of nitrogens with zero attached hydrogens (tertiary/aromatic N) is 2.